The number of ketones is 1. The molecule has 0 bridgehead atoms. The highest BCUT2D eigenvalue weighted by atomic mass is 32.2. The molecule has 3 aliphatic carbocycles. The maximum Gasteiger partial charge on any atom is 0.315 e. The first-order chi connectivity index (χ1) is 21.7. The summed E-state index contributed by atoms with van der Waals surface area (Å²) >= 11 is 0. The number of carbonyl (C=O) groups is 5. The number of carbonyl (C=O) groups excluding carboxylic acids is 5. The molecular weight excluding hydrogens is 622 g/mol. The summed E-state index contributed by atoms with van der Waals surface area (Å²) in [6.45, 7) is 10.8. The maximum absolute atomic E-state index is 14.4. The van der Waals surface area contributed by atoms with E-state index in [0.717, 1.165) is 51.4 Å². The minimum atomic E-state index is -3.56. The third-order valence-electron chi connectivity index (χ3n) is 10.9. The Morgan fingerprint density at radius 2 is 1.49 bits per heavy atom. The average molecular weight is 680 g/mol. The van der Waals surface area contributed by atoms with Crippen LogP contribution in [0.3, 0.4) is 0 Å². The van der Waals surface area contributed by atoms with Crippen molar-refractivity contribution >= 4 is 39.4 Å². The fourth-order valence-electron chi connectivity index (χ4n) is 7.48. The number of nitrogens with one attached hydrogen (secondary N) is 3. The van der Waals surface area contributed by atoms with E-state index < -0.39 is 73.2 Å². The lowest BCUT2D eigenvalue weighted by Crippen LogP contribution is -2.64. The summed E-state index contributed by atoms with van der Waals surface area (Å²) in [5.74, 6) is -2.60. The van der Waals surface area contributed by atoms with E-state index in [1.807, 2.05) is 20.8 Å². The van der Waals surface area contributed by atoms with E-state index in [1.165, 1.54) is 4.90 Å². The minimum Gasteiger partial charge on any atom is -0.363 e. The van der Waals surface area contributed by atoms with Gasteiger partial charge in [-0.1, -0.05) is 59.3 Å². The Bertz CT molecular complexity index is 1320. The second-order valence-electron chi connectivity index (χ2n) is 16.7. The van der Waals surface area contributed by atoms with Crippen molar-refractivity contribution in [3.8, 4) is 0 Å². The van der Waals surface area contributed by atoms with Gasteiger partial charge in [0, 0.05) is 6.54 Å². The molecule has 1 heterocycles. The van der Waals surface area contributed by atoms with Crippen LogP contribution in [-0.2, 0) is 29.0 Å². The lowest BCUT2D eigenvalue weighted by atomic mass is 9.80. The lowest BCUT2D eigenvalue weighted by molar-refractivity contribution is -0.144. The van der Waals surface area contributed by atoms with E-state index in [9.17, 15) is 32.4 Å². The van der Waals surface area contributed by atoms with Crippen LogP contribution in [-0.4, -0.2) is 83.6 Å². The van der Waals surface area contributed by atoms with E-state index in [1.54, 1.807) is 20.8 Å². The SMILES string of the molecule is CC(C)(C)[C@H](NC(=O)NC1(CS(=O)(=O)C(C)(C)C)CCCCC1)C(=O)N1CC[C@H](C2CC2)[C@H]1C(=O)NC(CC1CCC1)C(=O)C(N)=O. The zero-order chi connectivity index (χ0) is 34.9. The fourth-order valence-corrected chi connectivity index (χ4v) is 9.00. The highest BCUT2D eigenvalue weighted by Gasteiger charge is 2.51. The highest BCUT2D eigenvalue weighted by Crippen LogP contribution is 2.45. The molecule has 5 N–H and O–H groups in total. The molecule has 4 fully saturated rings. The van der Waals surface area contributed by atoms with Crippen LogP contribution in [0.2, 0.25) is 0 Å². The molecule has 0 radical (unpaired) electrons. The Hall–Kier alpha value is -2.70. The van der Waals surface area contributed by atoms with Crippen molar-refractivity contribution in [1.82, 2.24) is 20.9 Å². The number of sulfone groups is 1. The van der Waals surface area contributed by atoms with Crippen LogP contribution in [0.4, 0.5) is 4.79 Å². The molecule has 266 valence electrons. The quantitative estimate of drug-likeness (QED) is 0.229. The number of nitrogens with zero attached hydrogens (tertiary/aromatic N) is 1. The van der Waals surface area contributed by atoms with E-state index in [0.29, 0.717) is 32.2 Å². The Morgan fingerprint density at radius 3 is 1.98 bits per heavy atom. The molecule has 0 aromatic rings. The van der Waals surface area contributed by atoms with Gasteiger partial charge in [0.1, 0.15) is 12.1 Å². The molecule has 1 unspecified atom stereocenters. The third kappa shape index (κ3) is 8.86. The largest absolute Gasteiger partial charge is 0.363 e. The smallest absolute Gasteiger partial charge is 0.315 e. The van der Waals surface area contributed by atoms with Gasteiger partial charge in [-0.3, -0.25) is 19.2 Å². The topological polar surface area (TPSA) is 185 Å². The van der Waals surface area contributed by atoms with Gasteiger partial charge in [-0.2, -0.15) is 0 Å². The number of likely N-dealkylation sites (tertiary alicyclic amines) is 1. The molecule has 1 aliphatic heterocycles. The van der Waals surface area contributed by atoms with Crippen LogP contribution in [0.25, 0.3) is 0 Å². The van der Waals surface area contributed by atoms with Gasteiger partial charge < -0.3 is 26.6 Å². The number of Topliss-reactive ketones (excluding diaryl/α,β-unsaturated/α-hetero) is 1. The zero-order valence-corrected chi connectivity index (χ0v) is 30.0. The van der Waals surface area contributed by atoms with Crippen molar-refractivity contribution in [1.29, 1.82) is 0 Å². The van der Waals surface area contributed by atoms with E-state index in [4.69, 9.17) is 5.73 Å². The molecule has 4 atom stereocenters. The predicted octanol–water partition coefficient (Wildman–Crippen LogP) is 2.97. The van der Waals surface area contributed by atoms with Crippen LogP contribution >= 0.6 is 0 Å². The summed E-state index contributed by atoms with van der Waals surface area (Å²) in [7, 11) is -3.56. The number of hydrogen-bond acceptors (Lipinski definition) is 7. The van der Waals surface area contributed by atoms with Crippen LogP contribution in [0, 0.1) is 23.2 Å². The summed E-state index contributed by atoms with van der Waals surface area (Å²) < 4.78 is 25.6. The Kier molecular flexibility index (Phi) is 11.1. The molecule has 3 saturated carbocycles. The van der Waals surface area contributed by atoms with Gasteiger partial charge >= 0.3 is 6.03 Å². The van der Waals surface area contributed by atoms with E-state index in [2.05, 4.69) is 16.0 Å². The van der Waals surface area contributed by atoms with Gasteiger partial charge in [0.25, 0.3) is 5.91 Å². The van der Waals surface area contributed by atoms with Crippen molar-refractivity contribution in [2.75, 3.05) is 12.3 Å². The number of amides is 5. The molecule has 0 aromatic carbocycles. The number of primary amides is 1. The monoisotopic (exact) mass is 679 g/mol. The molecule has 47 heavy (non-hydrogen) atoms. The maximum atomic E-state index is 14.4. The van der Waals surface area contributed by atoms with Crippen molar-refractivity contribution < 1.29 is 32.4 Å². The molecule has 12 nitrogen and oxygen atoms in total. The second-order valence-corrected chi connectivity index (χ2v) is 19.4. The molecule has 13 heteroatoms. The first-order valence-electron chi connectivity index (χ1n) is 17.5. The normalized spacial score (nSPS) is 24.9. The summed E-state index contributed by atoms with van der Waals surface area (Å²) in [5, 5.41) is 8.69. The summed E-state index contributed by atoms with van der Waals surface area (Å²) in [5.41, 5.74) is 3.64. The van der Waals surface area contributed by atoms with Crippen LogP contribution < -0.4 is 21.7 Å². The zero-order valence-electron chi connectivity index (χ0n) is 29.2. The summed E-state index contributed by atoms with van der Waals surface area (Å²) in [6, 6.07) is -3.53. The van der Waals surface area contributed by atoms with Gasteiger partial charge in [0.05, 0.1) is 22.1 Å². The van der Waals surface area contributed by atoms with Gasteiger partial charge in [-0.25, -0.2) is 13.2 Å². The predicted molar refractivity (Wildman–Crippen MR) is 179 cm³/mol. The average Bonchev–Trinajstić information content (AvgIpc) is 3.68. The molecule has 0 spiro atoms. The Balaban J connectivity index is 1.55. The first kappa shape index (κ1) is 37.1. The second kappa shape index (κ2) is 14.0. The standard InChI is InChI=1S/C34H57N5O7S/c1-32(2,3)27(37-31(44)38-34(16-8-7-9-17-34)20-47(45,46)33(4,5)6)30(43)39-18-15-23(22-13-14-22)25(39)29(42)36-24(26(40)28(35)41)19-21-11-10-12-21/h21-25,27H,7-20H2,1-6H3,(H2,35,41)(H,36,42)(H2,37,38,44)/t23-,24?,25+,27-/m1/s1. The molecule has 4 rings (SSSR count). The van der Waals surface area contributed by atoms with Crippen LogP contribution in [0.15, 0.2) is 0 Å². The molecule has 0 aromatic heterocycles. The molecule has 4 aliphatic rings. The van der Waals surface area contributed by atoms with Crippen molar-refractivity contribution in [3.63, 3.8) is 0 Å². The Morgan fingerprint density at radius 1 is 0.872 bits per heavy atom. The Labute approximate surface area is 280 Å². The van der Waals surface area contributed by atoms with Crippen LogP contribution in [0.5, 0.6) is 0 Å². The van der Waals surface area contributed by atoms with E-state index in [-0.39, 0.29) is 23.5 Å². The van der Waals surface area contributed by atoms with Crippen molar-refractivity contribution in [2.45, 2.75) is 147 Å². The summed E-state index contributed by atoms with van der Waals surface area (Å²) in [4.78, 5) is 68.2. The minimum absolute atomic E-state index is 0.102. The highest BCUT2D eigenvalue weighted by molar-refractivity contribution is 7.92. The number of nitrogens with two attached hydrogens (primary N) is 1. The third-order valence-corrected chi connectivity index (χ3v) is 13.7. The first-order valence-corrected chi connectivity index (χ1v) is 19.2. The van der Waals surface area contributed by atoms with E-state index >= 15 is 0 Å². The van der Waals surface area contributed by atoms with Gasteiger partial charge in [-0.05, 0) is 82.5 Å². The molecular formula is C34H57N5O7S. The number of urea groups is 1. The lowest BCUT2D eigenvalue weighted by Gasteiger charge is -2.41. The van der Waals surface area contributed by atoms with Crippen molar-refractivity contribution in [2.24, 2.45) is 28.9 Å². The number of rotatable bonds is 12. The fraction of sp³-hybridized carbons (Fsp3) is 0.853. The molecule has 5 amide bonds. The van der Waals surface area contributed by atoms with Gasteiger partial charge in [-0.15, -0.1) is 0 Å². The van der Waals surface area contributed by atoms with Crippen LogP contribution in [0.1, 0.15) is 119 Å². The summed E-state index contributed by atoms with van der Waals surface area (Å²) in [6.07, 6.45) is 9.29. The van der Waals surface area contributed by atoms with Gasteiger partial charge in [0.15, 0.2) is 9.84 Å². The number of hydrogen-bond donors (Lipinski definition) is 4. The van der Waals surface area contributed by atoms with Gasteiger partial charge in [0.2, 0.25) is 17.6 Å². The van der Waals surface area contributed by atoms with Crippen molar-refractivity contribution in [3.05, 3.63) is 0 Å². The molecule has 1 saturated heterocycles.